The summed E-state index contributed by atoms with van der Waals surface area (Å²) in [6.07, 6.45) is 1.85. The van der Waals surface area contributed by atoms with Gasteiger partial charge in [-0.15, -0.1) is 11.8 Å². The summed E-state index contributed by atoms with van der Waals surface area (Å²) < 4.78 is 27.4. The van der Waals surface area contributed by atoms with Gasteiger partial charge in [-0.05, 0) is 36.6 Å². The van der Waals surface area contributed by atoms with Gasteiger partial charge < -0.3 is 5.32 Å². The van der Waals surface area contributed by atoms with Gasteiger partial charge in [0.05, 0.1) is 15.5 Å². The first kappa shape index (κ1) is 22.3. The molecule has 1 amide bonds. The van der Waals surface area contributed by atoms with E-state index >= 15 is 0 Å². The Morgan fingerprint density at radius 2 is 1.61 bits per heavy atom. The van der Waals surface area contributed by atoms with Gasteiger partial charge in [0.15, 0.2) is 0 Å². The molecule has 3 aromatic rings. The number of benzene rings is 3. The van der Waals surface area contributed by atoms with Crippen molar-refractivity contribution in [2.45, 2.75) is 9.79 Å². The Balaban J connectivity index is 2.03. The van der Waals surface area contributed by atoms with Crippen molar-refractivity contribution in [1.82, 2.24) is 0 Å². The van der Waals surface area contributed by atoms with Crippen LogP contribution in [-0.4, -0.2) is 32.0 Å². The molecule has 0 aliphatic rings. The smallest absolute Gasteiger partial charge is 0.293 e. The lowest BCUT2D eigenvalue weighted by Crippen LogP contribution is -2.38. The Labute approximate surface area is 184 Å². The van der Waals surface area contributed by atoms with Crippen molar-refractivity contribution in [3.63, 3.8) is 0 Å². The van der Waals surface area contributed by atoms with Crippen molar-refractivity contribution >= 4 is 44.8 Å². The molecule has 1 N–H and O–H groups in total. The van der Waals surface area contributed by atoms with Crippen molar-refractivity contribution in [1.29, 1.82) is 0 Å². The highest BCUT2D eigenvalue weighted by Gasteiger charge is 2.32. The Morgan fingerprint density at radius 3 is 2.29 bits per heavy atom. The van der Waals surface area contributed by atoms with Crippen LogP contribution in [0.1, 0.15) is 0 Å². The van der Waals surface area contributed by atoms with Crippen LogP contribution in [0, 0.1) is 10.1 Å². The molecule has 0 radical (unpaired) electrons. The zero-order chi connectivity index (χ0) is 22.4. The molecular formula is C21H19N3O5S2. The van der Waals surface area contributed by atoms with Gasteiger partial charge >= 0.3 is 0 Å². The molecule has 160 valence electrons. The van der Waals surface area contributed by atoms with Crippen LogP contribution < -0.4 is 9.62 Å². The summed E-state index contributed by atoms with van der Waals surface area (Å²) in [5.74, 6) is -0.626. The second-order valence-corrected chi connectivity index (χ2v) is 9.03. The van der Waals surface area contributed by atoms with E-state index in [1.54, 1.807) is 30.3 Å². The summed E-state index contributed by atoms with van der Waals surface area (Å²) in [7, 11) is -4.25. The Kier molecular flexibility index (Phi) is 6.93. The fraction of sp³-hybridized carbons (Fsp3) is 0.0952. The van der Waals surface area contributed by atoms with Gasteiger partial charge in [-0.1, -0.05) is 42.5 Å². The number of carbonyl (C=O) groups excluding carboxylic acids is 1. The highest BCUT2D eigenvalue weighted by Crippen LogP contribution is 2.32. The van der Waals surface area contributed by atoms with Crippen LogP contribution >= 0.6 is 11.8 Å². The van der Waals surface area contributed by atoms with E-state index < -0.39 is 33.1 Å². The van der Waals surface area contributed by atoms with E-state index in [9.17, 15) is 23.3 Å². The zero-order valence-electron chi connectivity index (χ0n) is 16.5. The predicted octanol–water partition coefficient (Wildman–Crippen LogP) is 4.15. The summed E-state index contributed by atoms with van der Waals surface area (Å²) in [4.78, 5) is 24.4. The van der Waals surface area contributed by atoms with E-state index in [-0.39, 0.29) is 10.6 Å². The molecule has 0 heterocycles. The molecule has 3 aromatic carbocycles. The minimum absolute atomic E-state index is 0.0783. The van der Waals surface area contributed by atoms with E-state index in [1.807, 2.05) is 18.4 Å². The van der Waals surface area contributed by atoms with Gasteiger partial charge in [0, 0.05) is 11.0 Å². The molecule has 0 atom stereocenters. The van der Waals surface area contributed by atoms with Crippen molar-refractivity contribution in [3.8, 4) is 0 Å². The van der Waals surface area contributed by atoms with Gasteiger partial charge in [-0.25, -0.2) is 12.7 Å². The van der Waals surface area contributed by atoms with Gasteiger partial charge in [0.25, 0.3) is 15.7 Å². The lowest BCUT2D eigenvalue weighted by atomic mass is 10.2. The van der Waals surface area contributed by atoms with Crippen molar-refractivity contribution in [3.05, 3.63) is 89.0 Å². The number of sulfonamides is 1. The first-order valence-corrected chi connectivity index (χ1v) is 11.7. The average molecular weight is 458 g/mol. The minimum atomic E-state index is -4.25. The van der Waals surface area contributed by atoms with Crippen LogP contribution in [0.15, 0.2) is 88.7 Å². The molecule has 3 rings (SSSR count). The van der Waals surface area contributed by atoms with Crippen LogP contribution in [0.3, 0.4) is 0 Å². The molecule has 0 saturated heterocycles. The van der Waals surface area contributed by atoms with E-state index in [0.717, 1.165) is 9.20 Å². The van der Waals surface area contributed by atoms with Gasteiger partial charge in [0.1, 0.15) is 12.2 Å². The predicted molar refractivity (Wildman–Crippen MR) is 121 cm³/mol. The number of hydrogen-bond donors (Lipinski definition) is 1. The Morgan fingerprint density at radius 1 is 1.00 bits per heavy atom. The third-order valence-electron chi connectivity index (χ3n) is 4.35. The first-order chi connectivity index (χ1) is 14.8. The van der Waals surface area contributed by atoms with Crippen molar-refractivity contribution in [2.75, 3.05) is 22.4 Å². The van der Waals surface area contributed by atoms with Crippen LogP contribution in [0.4, 0.5) is 17.1 Å². The third kappa shape index (κ3) is 5.04. The monoisotopic (exact) mass is 457 g/mol. The third-order valence-corrected chi connectivity index (χ3v) is 6.92. The number of nitro benzene ring substituents is 1. The zero-order valence-corrected chi connectivity index (χ0v) is 18.1. The van der Waals surface area contributed by atoms with E-state index in [1.165, 1.54) is 48.2 Å². The fourth-order valence-corrected chi connectivity index (χ4v) is 4.93. The lowest BCUT2D eigenvalue weighted by Gasteiger charge is -2.24. The quantitative estimate of drug-likeness (QED) is 0.309. The highest BCUT2D eigenvalue weighted by molar-refractivity contribution is 7.98. The molecule has 0 saturated carbocycles. The molecule has 0 bridgehead atoms. The molecule has 0 fully saturated rings. The molecule has 31 heavy (non-hydrogen) atoms. The molecule has 0 aromatic heterocycles. The highest BCUT2D eigenvalue weighted by atomic mass is 32.2. The number of anilines is 2. The van der Waals surface area contributed by atoms with E-state index in [4.69, 9.17) is 0 Å². The summed E-state index contributed by atoms with van der Waals surface area (Å²) in [6, 6.07) is 20.0. The van der Waals surface area contributed by atoms with E-state index in [2.05, 4.69) is 5.32 Å². The van der Waals surface area contributed by atoms with Gasteiger partial charge in [-0.2, -0.15) is 0 Å². The number of rotatable bonds is 8. The normalized spacial score (nSPS) is 11.0. The standard InChI is InChI=1S/C21H19N3O5S2/c1-30-20-14-8-5-11-17(20)22-21(25)15-23(18-12-6-7-13-19(18)24(26)27)31(28,29)16-9-3-2-4-10-16/h2-14H,15H2,1H3,(H,22,25). The number of nitrogens with zero attached hydrogens (tertiary/aromatic N) is 2. The number of carbonyl (C=O) groups is 1. The molecule has 0 aliphatic heterocycles. The number of nitrogens with one attached hydrogen (secondary N) is 1. The minimum Gasteiger partial charge on any atom is -0.323 e. The molecular weight excluding hydrogens is 438 g/mol. The summed E-state index contributed by atoms with van der Waals surface area (Å²) in [6.45, 7) is -0.634. The van der Waals surface area contributed by atoms with Crippen LogP contribution in [0.2, 0.25) is 0 Å². The molecule has 8 nitrogen and oxygen atoms in total. The summed E-state index contributed by atoms with van der Waals surface area (Å²) in [5.41, 5.74) is -0.0800. The van der Waals surface area contributed by atoms with Crippen LogP contribution in [0.5, 0.6) is 0 Å². The van der Waals surface area contributed by atoms with Crippen LogP contribution in [0.25, 0.3) is 0 Å². The topological polar surface area (TPSA) is 110 Å². The number of hydrogen-bond acceptors (Lipinski definition) is 6. The first-order valence-electron chi connectivity index (χ1n) is 9.08. The molecule has 10 heteroatoms. The molecule has 0 aliphatic carbocycles. The number of thioether (sulfide) groups is 1. The number of nitro groups is 1. The molecule has 0 spiro atoms. The average Bonchev–Trinajstić information content (AvgIpc) is 2.78. The SMILES string of the molecule is CSc1ccccc1NC(=O)CN(c1ccccc1[N+](=O)[O-])S(=O)(=O)c1ccccc1. The Bertz CT molecular complexity index is 1200. The number of para-hydroxylation sites is 3. The second kappa shape index (κ2) is 9.63. The maximum absolute atomic E-state index is 13.3. The largest absolute Gasteiger partial charge is 0.323 e. The lowest BCUT2D eigenvalue weighted by molar-refractivity contribution is -0.384. The second-order valence-electron chi connectivity index (χ2n) is 6.32. The summed E-state index contributed by atoms with van der Waals surface area (Å²) >= 11 is 1.43. The summed E-state index contributed by atoms with van der Waals surface area (Å²) in [5, 5.41) is 14.2. The van der Waals surface area contributed by atoms with E-state index in [0.29, 0.717) is 5.69 Å². The fourth-order valence-electron chi connectivity index (χ4n) is 2.92. The van der Waals surface area contributed by atoms with Crippen molar-refractivity contribution in [2.24, 2.45) is 0 Å². The maximum Gasteiger partial charge on any atom is 0.293 e. The number of amides is 1. The van der Waals surface area contributed by atoms with Crippen LogP contribution in [-0.2, 0) is 14.8 Å². The molecule has 0 unspecified atom stereocenters. The van der Waals surface area contributed by atoms with Crippen molar-refractivity contribution < 1.29 is 18.1 Å². The maximum atomic E-state index is 13.3. The van der Waals surface area contributed by atoms with Gasteiger partial charge in [0.2, 0.25) is 5.91 Å². The van der Waals surface area contributed by atoms with Gasteiger partial charge in [-0.3, -0.25) is 14.9 Å². The Hall–Kier alpha value is -3.37.